The van der Waals surface area contributed by atoms with Crippen LogP contribution in [-0.2, 0) is 16.4 Å². The molecule has 0 N–H and O–H groups in total. The average Bonchev–Trinajstić information content (AvgIpc) is 2.68. The first kappa shape index (κ1) is 19.3. The highest BCUT2D eigenvalue weighted by molar-refractivity contribution is 7.89. The van der Waals surface area contributed by atoms with E-state index in [1.165, 1.54) is 28.1 Å². The molecule has 1 aliphatic heterocycles. The monoisotopic (exact) mass is 390 g/mol. The summed E-state index contributed by atoms with van der Waals surface area (Å²) in [6.45, 7) is 2.72. The maximum absolute atomic E-state index is 12.8. The predicted octanol–water partition coefficient (Wildman–Crippen LogP) is 3.39. The molecule has 27 heavy (non-hydrogen) atoms. The van der Waals surface area contributed by atoms with Gasteiger partial charge in [0, 0.05) is 25.2 Å². The van der Waals surface area contributed by atoms with Crippen LogP contribution < -0.4 is 4.74 Å². The van der Waals surface area contributed by atoms with Gasteiger partial charge in [0.05, 0.1) is 9.82 Å². The number of nitro groups is 1. The smallest absolute Gasteiger partial charge is 0.270 e. The van der Waals surface area contributed by atoms with Crippen LogP contribution in [-0.4, -0.2) is 36.8 Å². The topological polar surface area (TPSA) is 89.8 Å². The lowest BCUT2D eigenvalue weighted by Crippen LogP contribution is -2.41. The van der Waals surface area contributed by atoms with Crippen LogP contribution in [0.25, 0.3) is 0 Å². The highest BCUT2D eigenvalue weighted by atomic mass is 32.2. The van der Waals surface area contributed by atoms with E-state index < -0.39 is 14.9 Å². The number of aryl methyl sites for hydroxylation is 1. The molecule has 0 aromatic heterocycles. The molecule has 0 saturated carbocycles. The van der Waals surface area contributed by atoms with Gasteiger partial charge in [-0.3, -0.25) is 10.1 Å². The number of piperidine rings is 1. The summed E-state index contributed by atoms with van der Waals surface area (Å²) in [4.78, 5) is 10.3. The Balaban J connectivity index is 1.66. The van der Waals surface area contributed by atoms with Crippen LogP contribution in [0.4, 0.5) is 5.69 Å². The fraction of sp³-hybridized carbons (Fsp3) is 0.368. The molecule has 0 radical (unpaired) electrons. The van der Waals surface area contributed by atoms with E-state index in [1.807, 2.05) is 24.3 Å². The summed E-state index contributed by atoms with van der Waals surface area (Å²) in [5.74, 6) is 0.800. The van der Waals surface area contributed by atoms with Crippen molar-refractivity contribution in [2.75, 3.05) is 13.1 Å². The molecule has 1 aliphatic rings. The van der Waals surface area contributed by atoms with Gasteiger partial charge in [-0.05, 0) is 43.0 Å². The molecular formula is C19H22N2O5S. The molecule has 1 fully saturated rings. The molecule has 8 heteroatoms. The Morgan fingerprint density at radius 1 is 1.15 bits per heavy atom. The summed E-state index contributed by atoms with van der Waals surface area (Å²) >= 11 is 0. The fourth-order valence-electron chi connectivity index (χ4n) is 3.13. The van der Waals surface area contributed by atoms with E-state index in [1.54, 1.807) is 0 Å². The van der Waals surface area contributed by atoms with Gasteiger partial charge in [-0.15, -0.1) is 0 Å². The van der Waals surface area contributed by atoms with Crippen molar-refractivity contribution in [2.45, 2.75) is 37.2 Å². The molecule has 1 saturated heterocycles. The lowest BCUT2D eigenvalue weighted by molar-refractivity contribution is -0.385. The van der Waals surface area contributed by atoms with Crippen LogP contribution in [0.3, 0.4) is 0 Å². The second-order valence-electron chi connectivity index (χ2n) is 6.48. The Kier molecular flexibility index (Phi) is 5.76. The molecule has 0 aliphatic carbocycles. The van der Waals surface area contributed by atoms with Gasteiger partial charge in [-0.1, -0.05) is 25.1 Å². The molecule has 0 atom stereocenters. The summed E-state index contributed by atoms with van der Waals surface area (Å²) < 4.78 is 32.9. The van der Waals surface area contributed by atoms with Gasteiger partial charge in [0.15, 0.2) is 0 Å². The number of benzene rings is 2. The molecule has 0 bridgehead atoms. The van der Waals surface area contributed by atoms with Gasteiger partial charge in [0.2, 0.25) is 10.0 Å². The van der Waals surface area contributed by atoms with Crippen LogP contribution in [0.5, 0.6) is 5.75 Å². The van der Waals surface area contributed by atoms with E-state index in [4.69, 9.17) is 4.74 Å². The van der Waals surface area contributed by atoms with Gasteiger partial charge in [0.25, 0.3) is 5.69 Å². The van der Waals surface area contributed by atoms with E-state index in [2.05, 4.69) is 6.92 Å². The van der Waals surface area contributed by atoms with E-state index in [9.17, 15) is 18.5 Å². The van der Waals surface area contributed by atoms with Crippen molar-refractivity contribution in [1.29, 1.82) is 0 Å². The van der Waals surface area contributed by atoms with Crippen LogP contribution in [0.1, 0.15) is 25.3 Å². The summed E-state index contributed by atoms with van der Waals surface area (Å²) in [6.07, 6.45) is 2.03. The number of ether oxygens (including phenoxy) is 1. The highest BCUT2D eigenvalue weighted by Gasteiger charge is 2.31. The predicted molar refractivity (Wildman–Crippen MR) is 101 cm³/mol. The lowest BCUT2D eigenvalue weighted by atomic mass is 10.1. The third-order valence-electron chi connectivity index (χ3n) is 4.68. The van der Waals surface area contributed by atoms with Crippen molar-refractivity contribution >= 4 is 15.7 Å². The van der Waals surface area contributed by atoms with Crippen LogP contribution in [0.15, 0.2) is 53.4 Å². The minimum absolute atomic E-state index is 0.0475. The average molecular weight is 390 g/mol. The molecule has 7 nitrogen and oxygen atoms in total. The molecule has 0 unspecified atom stereocenters. The number of rotatable bonds is 6. The standard InChI is InChI=1S/C19H22N2O5S/c1-2-15-5-3-7-18(13-15)26-17-9-11-20(12-10-17)27(24,25)19-8-4-6-16(14-19)21(22)23/h3-8,13-14,17H,2,9-12H2,1H3. The van der Waals surface area contributed by atoms with E-state index in [-0.39, 0.29) is 16.7 Å². The van der Waals surface area contributed by atoms with Crippen molar-refractivity contribution in [1.82, 2.24) is 4.31 Å². The molecule has 0 amide bonds. The molecule has 0 spiro atoms. The first-order valence-corrected chi connectivity index (χ1v) is 10.3. The van der Waals surface area contributed by atoms with Gasteiger partial charge in [-0.2, -0.15) is 4.31 Å². The second kappa shape index (κ2) is 8.06. The number of sulfonamides is 1. The minimum Gasteiger partial charge on any atom is -0.490 e. The van der Waals surface area contributed by atoms with Gasteiger partial charge >= 0.3 is 0 Å². The Labute approximate surface area is 158 Å². The largest absolute Gasteiger partial charge is 0.490 e. The zero-order valence-electron chi connectivity index (χ0n) is 15.1. The normalized spacial score (nSPS) is 16.2. The van der Waals surface area contributed by atoms with Crippen molar-refractivity contribution in [3.05, 3.63) is 64.2 Å². The summed E-state index contributed by atoms with van der Waals surface area (Å²) in [6, 6.07) is 13.1. The molecular weight excluding hydrogens is 368 g/mol. The Bertz CT molecular complexity index is 921. The van der Waals surface area contributed by atoms with Crippen molar-refractivity contribution in [2.24, 2.45) is 0 Å². The van der Waals surface area contributed by atoms with Crippen molar-refractivity contribution in [3.63, 3.8) is 0 Å². The number of hydrogen-bond donors (Lipinski definition) is 0. The quantitative estimate of drug-likeness (QED) is 0.557. The Hall–Kier alpha value is -2.45. The molecule has 2 aromatic carbocycles. The van der Waals surface area contributed by atoms with E-state index in [0.717, 1.165) is 18.2 Å². The zero-order valence-corrected chi connectivity index (χ0v) is 15.9. The lowest BCUT2D eigenvalue weighted by Gasteiger charge is -2.31. The Morgan fingerprint density at radius 2 is 1.85 bits per heavy atom. The number of hydrogen-bond acceptors (Lipinski definition) is 5. The van der Waals surface area contributed by atoms with Crippen LogP contribution >= 0.6 is 0 Å². The van der Waals surface area contributed by atoms with Gasteiger partial charge < -0.3 is 4.74 Å². The van der Waals surface area contributed by atoms with E-state index >= 15 is 0 Å². The number of nitro benzene ring substituents is 1. The van der Waals surface area contributed by atoms with Crippen LogP contribution in [0, 0.1) is 10.1 Å². The van der Waals surface area contributed by atoms with Gasteiger partial charge in [-0.25, -0.2) is 8.42 Å². The number of nitrogens with zero attached hydrogens (tertiary/aromatic N) is 2. The van der Waals surface area contributed by atoms with Crippen molar-refractivity contribution in [3.8, 4) is 5.75 Å². The van der Waals surface area contributed by atoms with Crippen LogP contribution in [0.2, 0.25) is 0 Å². The summed E-state index contributed by atoms with van der Waals surface area (Å²) in [5.41, 5.74) is 0.961. The first-order chi connectivity index (χ1) is 12.9. The molecule has 3 rings (SSSR count). The molecule has 2 aromatic rings. The van der Waals surface area contributed by atoms with E-state index in [0.29, 0.717) is 25.9 Å². The fourth-order valence-corrected chi connectivity index (χ4v) is 4.64. The maximum Gasteiger partial charge on any atom is 0.270 e. The number of non-ortho nitro benzene ring substituents is 1. The molecule has 144 valence electrons. The van der Waals surface area contributed by atoms with Crippen molar-refractivity contribution < 1.29 is 18.1 Å². The molecule has 1 heterocycles. The second-order valence-corrected chi connectivity index (χ2v) is 8.41. The third kappa shape index (κ3) is 4.45. The third-order valence-corrected chi connectivity index (χ3v) is 6.57. The minimum atomic E-state index is -3.75. The summed E-state index contributed by atoms with van der Waals surface area (Å²) in [5, 5.41) is 10.9. The van der Waals surface area contributed by atoms with Gasteiger partial charge in [0.1, 0.15) is 11.9 Å². The Morgan fingerprint density at radius 3 is 2.52 bits per heavy atom. The maximum atomic E-state index is 12.8. The summed E-state index contributed by atoms with van der Waals surface area (Å²) in [7, 11) is -3.75. The first-order valence-electron chi connectivity index (χ1n) is 8.90. The highest BCUT2D eigenvalue weighted by Crippen LogP contribution is 2.26. The zero-order chi connectivity index (χ0) is 19.4. The SMILES string of the molecule is CCc1cccc(OC2CCN(S(=O)(=O)c3cccc([N+](=O)[O-])c3)CC2)c1.